The molecule has 4 aromatic rings. The summed E-state index contributed by atoms with van der Waals surface area (Å²) >= 11 is 3.22. The lowest BCUT2D eigenvalue weighted by molar-refractivity contribution is 0.0924. The molecule has 0 radical (unpaired) electrons. The number of carbonyl (C=O) groups is 1. The molecule has 0 spiro atoms. The quantitative estimate of drug-likeness (QED) is 0.487. The zero-order chi connectivity index (χ0) is 19.8. The van der Waals surface area contributed by atoms with Crippen molar-refractivity contribution in [2.24, 2.45) is 0 Å². The van der Waals surface area contributed by atoms with Crippen molar-refractivity contribution < 1.29 is 9.53 Å². The summed E-state index contributed by atoms with van der Waals surface area (Å²) in [7, 11) is 0. The van der Waals surface area contributed by atoms with Gasteiger partial charge in [-0.2, -0.15) is 0 Å². The summed E-state index contributed by atoms with van der Waals surface area (Å²) in [6.07, 6.45) is 0.474. The standard InChI is InChI=1S/C22H19N3O2S2/c23-20-19(21-24-16-8-4-5-9-17(16)29-21)15-10-11-25(12-18(15)28-20)22(26)27-13-14-6-2-1-3-7-14/h1-9H,10-13,23H2. The zero-order valence-corrected chi connectivity index (χ0v) is 17.3. The Kier molecular flexibility index (Phi) is 4.69. The average molecular weight is 422 g/mol. The van der Waals surface area contributed by atoms with Crippen LogP contribution in [0.15, 0.2) is 54.6 Å². The fourth-order valence-corrected chi connectivity index (χ4v) is 5.86. The van der Waals surface area contributed by atoms with Crippen LogP contribution < -0.4 is 5.73 Å². The Morgan fingerprint density at radius 1 is 1.10 bits per heavy atom. The van der Waals surface area contributed by atoms with Crippen molar-refractivity contribution in [2.45, 2.75) is 19.6 Å². The van der Waals surface area contributed by atoms with Crippen LogP contribution in [-0.2, 0) is 24.3 Å². The van der Waals surface area contributed by atoms with Crippen molar-refractivity contribution in [2.75, 3.05) is 12.3 Å². The number of benzene rings is 2. The smallest absolute Gasteiger partial charge is 0.410 e. The summed E-state index contributed by atoms with van der Waals surface area (Å²) < 4.78 is 6.65. The Morgan fingerprint density at radius 2 is 1.90 bits per heavy atom. The van der Waals surface area contributed by atoms with Gasteiger partial charge in [0.2, 0.25) is 0 Å². The lowest BCUT2D eigenvalue weighted by Gasteiger charge is -2.26. The number of amides is 1. The van der Waals surface area contributed by atoms with Crippen molar-refractivity contribution in [3.8, 4) is 10.6 Å². The molecule has 29 heavy (non-hydrogen) atoms. The molecule has 1 aliphatic rings. The second-order valence-corrected chi connectivity index (χ2v) is 9.11. The summed E-state index contributed by atoms with van der Waals surface area (Å²) in [6, 6.07) is 17.8. The van der Waals surface area contributed by atoms with Gasteiger partial charge in [-0.15, -0.1) is 22.7 Å². The van der Waals surface area contributed by atoms with Crippen LogP contribution >= 0.6 is 22.7 Å². The number of hydrogen-bond acceptors (Lipinski definition) is 6. The Balaban J connectivity index is 1.35. The number of para-hydroxylation sites is 1. The molecule has 2 aromatic carbocycles. The molecule has 7 heteroatoms. The summed E-state index contributed by atoms with van der Waals surface area (Å²) in [4.78, 5) is 20.2. The minimum absolute atomic E-state index is 0.284. The number of nitrogen functional groups attached to an aromatic ring is 1. The summed E-state index contributed by atoms with van der Waals surface area (Å²) in [6.45, 7) is 1.43. The highest BCUT2D eigenvalue weighted by atomic mass is 32.1. The maximum Gasteiger partial charge on any atom is 0.410 e. The van der Waals surface area contributed by atoms with Crippen LogP contribution in [0.1, 0.15) is 16.0 Å². The van der Waals surface area contributed by atoms with Crippen molar-refractivity contribution in [3.63, 3.8) is 0 Å². The normalized spacial score (nSPS) is 13.4. The zero-order valence-electron chi connectivity index (χ0n) is 15.6. The minimum atomic E-state index is -0.284. The number of carbonyl (C=O) groups excluding carboxylic acids is 1. The molecule has 2 aromatic heterocycles. The summed E-state index contributed by atoms with van der Waals surface area (Å²) in [5, 5.41) is 1.73. The number of thiazole rings is 1. The molecule has 0 atom stereocenters. The molecule has 0 saturated heterocycles. The number of anilines is 1. The Morgan fingerprint density at radius 3 is 2.72 bits per heavy atom. The highest BCUT2D eigenvalue weighted by Gasteiger charge is 2.28. The Hall–Kier alpha value is -2.90. The van der Waals surface area contributed by atoms with Crippen LogP contribution in [-0.4, -0.2) is 22.5 Å². The minimum Gasteiger partial charge on any atom is -0.445 e. The molecule has 0 aliphatic carbocycles. The second-order valence-electron chi connectivity index (χ2n) is 6.94. The molecule has 1 aliphatic heterocycles. The fourth-order valence-electron chi connectivity index (χ4n) is 3.60. The lowest BCUT2D eigenvalue weighted by Crippen LogP contribution is -2.35. The van der Waals surface area contributed by atoms with E-state index in [4.69, 9.17) is 15.5 Å². The van der Waals surface area contributed by atoms with Gasteiger partial charge in [0, 0.05) is 17.0 Å². The van der Waals surface area contributed by atoms with Crippen molar-refractivity contribution >= 4 is 44.0 Å². The molecule has 2 N–H and O–H groups in total. The van der Waals surface area contributed by atoms with E-state index >= 15 is 0 Å². The molecule has 0 saturated carbocycles. The van der Waals surface area contributed by atoms with Gasteiger partial charge in [-0.1, -0.05) is 42.5 Å². The number of rotatable bonds is 3. The van der Waals surface area contributed by atoms with E-state index in [0.717, 1.165) is 42.7 Å². The summed E-state index contributed by atoms with van der Waals surface area (Å²) in [5.41, 5.74) is 10.6. The molecule has 5 rings (SSSR count). The SMILES string of the molecule is Nc1sc2c(c1-c1nc3ccccc3s1)CCN(C(=O)OCc1ccccc1)C2. The predicted molar refractivity (Wildman–Crippen MR) is 118 cm³/mol. The second kappa shape index (κ2) is 7.50. The molecule has 5 nitrogen and oxygen atoms in total. The van der Waals surface area contributed by atoms with E-state index in [1.807, 2.05) is 48.5 Å². The number of nitrogens with two attached hydrogens (primary N) is 1. The molecule has 0 bridgehead atoms. The van der Waals surface area contributed by atoms with Gasteiger partial charge >= 0.3 is 6.09 Å². The Bertz CT molecular complexity index is 1150. The maximum absolute atomic E-state index is 12.5. The van der Waals surface area contributed by atoms with Gasteiger partial charge in [-0.05, 0) is 29.7 Å². The van der Waals surface area contributed by atoms with E-state index < -0.39 is 0 Å². The largest absolute Gasteiger partial charge is 0.445 e. The molecule has 0 unspecified atom stereocenters. The average Bonchev–Trinajstić information content (AvgIpc) is 3.31. The summed E-state index contributed by atoms with van der Waals surface area (Å²) in [5.74, 6) is 0. The van der Waals surface area contributed by atoms with Gasteiger partial charge in [-0.3, -0.25) is 0 Å². The first-order valence-corrected chi connectivity index (χ1v) is 11.0. The van der Waals surface area contributed by atoms with E-state index in [9.17, 15) is 4.79 Å². The number of hydrogen-bond donors (Lipinski definition) is 1. The van der Waals surface area contributed by atoms with E-state index in [1.165, 1.54) is 5.56 Å². The van der Waals surface area contributed by atoms with Crippen LogP contribution in [0.3, 0.4) is 0 Å². The van der Waals surface area contributed by atoms with Crippen LogP contribution in [0, 0.1) is 0 Å². The van der Waals surface area contributed by atoms with E-state index in [-0.39, 0.29) is 12.7 Å². The fraction of sp³-hybridized carbons (Fsp3) is 0.182. The van der Waals surface area contributed by atoms with Crippen molar-refractivity contribution in [1.29, 1.82) is 0 Å². The highest BCUT2D eigenvalue weighted by molar-refractivity contribution is 7.22. The van der Waals surface area contributed by atoms with Crippen molar-refractivity contribution in [3.05, 3.63) is 70.6 Å². The van der Waals surface area contributed by atoms with Crippen LogP contribution in [0.2, 0.25) is 0 Å². The lowest BCUT2D eigenvalue weighted by atomic mass is 10.0. The molecule has 1 amide bonds. The first kappa shape index (κ1) is 18.1. The molecule has 3 heterocycles. The number of aromatic nitrogens is 1. The molecule has 146 valence electrons. The van der Waals surface area contributed by atoms with Crippen LogP contribution in [0.5, 0.6) is 0 Å². The number of ether oxygens (including phenoxy) is 1. The predicted octanol–water partition coefficient (Wildman–Crippen LogP) is 5.30. The van der Waals surface area contributed by atoms with E-state index in [1.54, 1.807) is 27.6 Å². The van der Waals surface area contributed by atoms with Gasteiger partial charge in [0.05, 0.1) is 21.8 Å². The van der Waals surface area contributed by atoms with Gasteiger partial charge in [0.1, 0.15) is 11.6 Å². The van der Waals surface area contributed by atoms with Gasteiger partial charge in [-0.25, -0.2) is 9.78 Å². The third-order valence-corrected chi connectivity index (χ3v) is 7.16. The van der Waals surface area contributed by atoms with Crippen LogP contribution in [0.4, 0.5) is 9.80 Å². The Labute approximate surface area is 176 Å². The maximum atomic E-state index is 12.5. The van der Waals surface area contributed by atoms with Gasteiger partial charge in [0.25, 0.3) is 0 Å². The third-order valence-electron chi connectivity index (χ3n) is 5.06. The van der Waals surface area contributed by atoms with E-state index in [0.29, 0.717) is 13.1 Å². The third kappa shape index (κ3) is 3.47. The molecular weight excluding hydrogens is 402 g/mol. The van der Waals surface area contributed by atoms with Crippen molar-refractivity contribution in [1.82, 2.24) is 9.88 Å². The number of thiophene rings is 1. The monoisotopic (exact) mass is 421 g/mol. The highest BCUT2D eigenvalue weighted by Crippen LogP contribution is 2.44. The number of fused-ring (bicyclic) bond motifs is 2. The number of nitrogens with zero attached hydrogens (tertiary/aromatic N) is 2. The first-order valence-electron chi connectivity index (χ1n) is 9.40. The topological polar surface area (TPSA) is 68.5 Å². The first-order chi connectivity index (χ1) is 14.2. The van der Waals surface area contributed by atoms with Crippen LogP contribution in [0.25, 0.3) is 20.8 Å². The molecule has 0 fully saturated rings. The van der Waals surface area contributed by atoms with Gasteiger partial charge < -0.3 is 15.4 Å². The van der Waals surface area contributed by atoms with Gasteiger partial charge in [0.15, 0.2) is 0 Å². The molecular formula is C22H19N3O2S2. The van der Waals surface area contributed by atoms with E-state index in [2.05, 4.69) is 6.07 Å².